The second kappa shape index (κ2) is 3.93. The molecule has 5 heteroatoms. The average molecular weight is 241 g/mol. The van der Waals surface area contributed by atoms with Gasteiger partial charge in [0, 0.05) is 13.1 Å². The quantitative estimate of drug-likeness (QED) is 0.726. The van der Waals surface area contributed by atoms with E-state index in [-0.39, 0.29) is 24.0 Å². The zero-order valence-corrected chi connectivity index (χ0v) is 10.1. The summed E-state index contributed by atoms with van der Waals surface area (Å²) < 4.78 is 11.1. The van der Waals surface area contributed by atoms with E-state index in [9.17, 15) is 9.90 Å². The third-order valence-electron chi connectivity index (χ3n) is 3.93. The minimum Gasteiger partial charge on any atom is -0.380 e. The summed E-state index contributed by atoms with van der Waals surface area (Å²) in [7, 11) is 0. The van der Waals surface area contributed by atoms with Gasteiger partial charge in [0.15, 0.2) is 0 Å². The Hall–Kier alpha value is -0.650. The Morgan fingerprint density at radius 1 is 1.29 bits per heavy atom. The minimum atomic E-state index is -1.19. The van der Waals surface area contributed by atoms with E-state index < -0.39 is 5.60 Å². The Labute approximate surface area is 101 Å². The van der Waals surface area contributed by atoms with E-state index in [2.05, 4.69) is 0 Å². The molecule has 3 unspecified atom stereocenters. The average Bonchev–Trinajstić information content (AvgIpc) is 3.11. The molecule has 5 nitrogen and oxygen atoms in total. The molecule has 3 aliphatic rings. The van der Waals surface area contributed by atoms with Gasteiger partial charge in [-0.15, -0.1) is 0 Å². The van der Waals surface area contributed by atoms with Crippen LogP contribution in [-0.2, 0) is 14.3 Å². The molecule has 2 bridgehead atoms. The lowest BCUT2D eigenvalue weighted by Gasteiger charge is -2.43. The summed E-state index contributed by atoms with van der Waals surface area (Å²) >= 11 is 0. The first-order chi connectivity index (χ1) is 8.07. The first-order valence-corrected chi connectivity index (χ1v) is 6.32. The molecule has 1 amide bonds. The van der Waals surface area contributed by atoms with Crippen LogP contribution in [0.5, 0.6) is 0 Å². The maximum atomic E-state index is 12.3. The van der Waals surface area contributed by atoms with E-state index in [4.69, 9.17) is 9.47 Å². The summed E-state index contributed by atoms with van der Waals surface area (Å²) in [6.45, 7) is 3.82. The highest BCUT2D eigenvalue weighted by Crippen LogP contribution is 2.40. The Kier molecular flexibility index (Phi) is 2.65. The van der Waals surface area contributed by atoms with E-state index in [0.717, 1.165) is 12.8 Å². The van der Waals surface area contributed by atoms with Gasteiger partial charge in [-0.3, -0.25) is 4.79 Å². The summed E-state index contributed by atoms with van der Waals surface area (Å²) in [6.07, 6.45) is 1.86. The number of hydrogen-bond acceptors (Lipinski definition) is 4. The van der Waals surface area contributed by atoms with Gasteiger partial charge in [-0.1, -0.05) is 0 Å². The number of carbonyl (C=O) groups excluding carboxylic acids is 1. The normalized spacial score (nSPS) is 36.5. The first-order valence-electron chi connectivity index (χ1n) is 6.32. The second-order valence-electron chi connectivity index (χ2n) is 5.55. The number of fused-ring (bicyclic) bond motifs is 2. The van der Waals surface area contributed by atoms with Crippen molar-refractivity contribution in [2.75, 3.05) is 26.3 Å². The molecule has 0 radical (unpaired) electrons. The number of rotatable bonds is 2. The van der Waals surface area contributed by atoms with Crippen LogP contribution < -0.4 is 0 Å². The van der Waals surface area contributed by atoms with Crippen LogP contribution in [0.25, 0.3) is 0 Å². The van der Waals surface area contributed by atoms with Crippen molar-refractivity contribution < 1.29 is 19.4 Å². The van der Waals surface area contributed by atoms with Crippen molar-refractivity contribution in [2.45, 2.75) is 37.6 Å². The van der Waals surface area contributed by atoms with Crippen molar-refractivity contribution >= 4 is 5.91 Å². The molecular formula is C12H19NO4. The van der Waals surface area contributed by atoms with Crippen LogP contribution in [0, 0.1) is 5.92 Å². The summed E-state index contributed by atoms with van der Waals surface area (Å²) in [5.41, 5.74) is -1.19. The van der Waals surface area contributed by atoms with Crippen molar-refractivity contribution in [3.8, 4) is 0 Å². The third-order valence-corrected chi connectivity index (χ3v) is 3.93. The third kappa shape index (κ3) is 2.07. The predicted molar refractivity (Wildman–Crippen MR) is 59.4 cm³/mol. The number of ether oxygens (including phenoxy) is 2. The Bertz CT molecular complexity index is 314. The van der Waals surface area contributed by atoms with E-state index in [1.54, 1.807) is 11.8 Å². The molecule has 0 aromatic rings. The molecule has 1 N–H and O–H groups in total. The monoisotopic (exact) mass is 241 g/mol. The molecule has 2 heterocycles. The summed E-state index contributed by atoms with van der Waals surface area (Å²) in [6, 6.07) is 0. The van der Waals surface area contributed by atoms with Crippen molar-refractivity contribution in [3.63, 3.8) is 0 Å². The van der Waals surface area contributed by atoms with Crippen molar-refractivity contribution in [2.24, 2.45) is 5.92 Å². The molecule has 0 spiro atoms. The van der Waals surface area contributed by atoms with Crippen LogP contribution in [0.4, 0.5) is 0 Å². The molecule has 2 aliphatic heterocycles. The van der Waals surface area contributed by atoms with Crippen LogP contribution in [-0.4, -0.2) is 60.0 Å². The van der Waals surface area contributed by atoms with Crippen LogP contribution >= 0.6 is 0 Å². The molecule has 17 heavy (non-hydrogen) atoms. The lowest BCUT2D eigenvalue weighted by Crippen LogP contribution is -2.60. The van der Waals surface area contributed by atoms with Gasteiger partial charge in [-0.25, -0.2) is 0 Å². The molecule has 96 valence electrons. The zero-order valence-electron chi connectivity index (χ0n) is 10.1. The highest BCUT2D eigenvalue weighted by Gasteiger charge is 2.49. The molecule has 2 saturated heterocycles. The van der Waals surface area contributed by atoms with Gasteiger partial charge in [0.05, 0.1) is 25.4 Å². The minimum absolute atomic E-state index is 0.0264. The van der Waals surface area contributed by atoms with Gasteiger partial charge >= 0.3 is 0 Å². The number of amides is 1. The lowest BCUT2D eigenvalue weighted by atomic mass is 9.97. The van der Waals surface area contributed by atoms with Gasteiger partial charge in [0.2, 0.25) is 0 Å². The molecule has 3 atom stereocenters. The van der Waals surface area contributed by atoms with Gasteiger partial charge < -0.3 is 19.5 Å². The topological polar surface area (TPSA) is 59.0 Å². The summed E-state index contributed by atoms with van der Waals surface area (Å²) in [4.78, 5) is 14.1. The Morgan fingerprint density at radius 3 is 2.41 bits per heavy atom. The zero-order chi connectivity index (χ0) is 12.0. The van der Waals surface area contributed by atoms with E-state index in [0.29, 0.717) is 26.3 Å². The summed E-state index contributed by atoms with van der Waals surface area (Å²) in [5.74, 6) is 0.00846. The maximum Gasteiger partial charge on any atom is 0.254 e. The van der Waals surface area contributed by atoms with Crippen molar-refractivity contribution in [3.05, 3.63) is 0 Å². The lowest BCUT2D eigenvalue weighted by molar-refractivity contribution is -0.193. The fourth-order valence-corrected chi connectivity index (χ4v) is 2.75. The molecule has 0 aromatic carbocycles. The smallest absolute Gasteiger partial charge is 0.254 e. The number of hydrogen-bond donors (Lipinski definition) is 1. The number of carbonyl (C=O) groups is 1. The van der Waals surface area contributed by atoms with Crippen LogP contribution in [0.15, 0.2) is 0 Å². The van der Waals surface area contributed by atoms with E-state index in [1.165, 1.54) is 0 Å². The fourth-order valence-electron chi connectivity index (χ4n) is 2.75. The molecule has 3 fully saturated rings. The second-order valence-corrected chi connectivity index (χ2v) is 5.55. The first kappa shape index (κ1) is 11.4. The van der Waals surface area contributed by atoms with Crippen LogP contribution in [0.2, 0.25) is 0 Å². The molecule has 1 saturated carbocycles. The molecule has 0 aromatic heterocycles. The van der Waals surface area contributed by atoms with Crippen LogP contribution in [0.3, 0.4) is 0 Å². The highest BCUT2D eigenvalue weighted by atomic mass is 16.6. The SMILES string of the molecule is CC(O)(C(=O)N1CC2COCC(C1)O2)C1CC1. The standard InChI is InChI=1S/C12H19NO4/c1-12(15,8-2-3-8)11(14)13-4-9-6-16-7-10(5-13)17-9/h8-10,15H,2-7H2,1H3. The largest absolute Gasteiger partial charge is 0.380 e. The number of aliphatic hydroxyl groups is 1. The molecule has 3 rings (SSSR count). The fraction of sp³-hybridized carbons (Fsp3) is 0.917. The van der Waals surface area contributed by atoms with Crippen molar-refractivity contribution in [1.82, 2.24) is 4.90 Å². The number of morpholine rings is 1. The van der Waals surface area contributed by atoms with Crippen molar-refractivity contribution in [1.29, 1.82) is 0 Å². The van der Waals surface area contributed by atoms with E-state index in [1.807, 2.05) is 0 Å². The van der Waals surface area contributed by atoms with Crippen LogP contribution in [0.1, 0.15) is 19.8 Å². The highest BCUT2D eigenvalue weighted by molar-refractivity contribution is 5.85. The maximum absolute atomic E-state index is 12.3. The Balaban J connectivity index is 1.69. The van der Waals surface area contributed by atoms with Gasteiger partial charge in [-0.2, -0.15) is 0 Å². The molecule has 1 aliphatic carbocycles. The molecular weight excluding hydrogens is 222 g/mol. The van der Waals surface area contributed by atoms with Gasteiger partial charge in [0.25, 0.3) is 5.91 Å². The number of nitrogens with zero attached hydrogens (tertiary/aromatic N) is 1. The summed E-state index contributed by atoms with van der Waals surface area (Å²) in [5, 5.41) is 10.3. The van der Waals surface area contributed by atoms with E-state index >= 15 is 0 Å². The predicted octanol–water partition coefficient (Wildman–Crippen LogP) is -0.226. The van der Waals surface area contributed by atoms with Gasteiger partial charge in [-0.05, 0) is 25.7 Å². The van der Waals surface area contributed by atoms with Gasteiger partial charge in [0.1, 0.15) is 5.60 Å². The Morgan fingerprint density at radius 2 is 1.88 bits per heavy atom.